The first-order valence-corrected chi connectivity index (χ1v) is 11.0. The van der Waals surface area contributed by atoms with Crippen LogP contribution < -0.4 is 10.2 Å². The van der Waals surface area contributed by atoms with Crippen LogP contribution in [0.4, 0.5) is 10.5 Å². The molecular weight excluding hydrogens is 416 g/mol. The Morgan fingerprint density at radius 3 is 2.48 bits per heavy atom. The van der Waals surface area contributed by atoms with E-state index in [-0.39, 0.29) is 12.0 Å². The first kappa shape index (κ1) is 22.6. The van der Waals surface area contributed by atoms with Crippen molar-refractivity contribution in [3.63, 3.8) is 0 Å². The molecule has 1 fully saturated rings. The monoisotopic (exact) mass is 444 g/mol. The molecule has 0 saturated carbocycles. The van der Waals surface area contributed by atoms with Gasteiger partial charge in [-0.1, -0.05) is 54.6 Å². The number of hydrogen-bond donors (Lipinski definition) is 1. The summed E-state index contributed by atoms with van der Waals surface area (Å²) in [7, 11) is 1.60. The number of nitrogens with one attached hydrogen (secondary N) is 1. The number of carbonyl (C=O) groups is 2. The molecule has 1 aliphatic rings. The zero-order valence-electron chi connectivity index (χ0n) is 18.9. The molecular formula is C27H28N2O4. The molecule has 3 aromatic rings. The second-order valence-corrected chi connectivity index (χ2v) is 8.25. The van der Waals surface area contributed by atoms with Gasteiger partial charge in [0.25, 0.3) is 5.91 Å². The van der Waals surface area contributed by atoms with E-state index >= 15 is 0 Å². The number of cyclic esters (lactones) is 1. The third-order valence-corrected chi connectivity index (χ3v) is 5.94. The number of rotatable bonds is 7. The number of hydrogen-bond acceptors (Lipinski definition) is 4. The van der Waals surface area contributed by atoms with Crippen LogP contribution in [0.2, 0.25) is 0 Å². The third-order valence-electron chi connectivity index (χ3n) is 5.94. The minimum absolute atomic E-state index is 0.148. The molecule has 0 bridgehead atoms. The molecule has 1 aliphatic heterocycles. The SMILES string of the molecule is COCCNC(=O)c1cccc(-c2cccc(N3CCC(C)(c4ccccc4)OC3=O)c2)c1. The zero-order valence-corrected chi connectivity index (χ0v) is 18.9. The van der Waals surface area contributed by atoms with Gasteiger partial charge in [0.1, 0.15) is 5.60 Å². The number of ether oxygens (including phenoxy) is 2. The lowest BCUT2D eigenvalue weighted by atomic mass is 9.91. The van der Waals surface area contributed by atoms with Crippen LogP contribution in [0, 0.1) is 0 Å². The van der Waals surface area contributed by atoms with Crippen LogP contribution in [0.15, 0.2) is 78.9 Å². The zero-order chi connectivity index (χ0) is 23.3. The van der Waals surface area contributed by atoms with E-state index in [9.17, 15) is 9.59 Å². The second kappa shape index (κ2) is 9.88. The summed E-state index contributed by atoms with van der Waals surface area (Å²) in [6, 6.07) is 25.0. The fourth-order valence-corrected chi connectivity index (χ4v) is 4.01. The minimum Gasteiger partial charge on any atom is -0.438 e. The van der Waals surface area contributed by atoms with Crippen molar-refractivity contribution in [3.05, 3.63) is 90.0 Å². The Labute approximate surface area is 194 Å². The van der Waals surface area contributed by atoms with Crippen LogP contribution in [0.5, 0.6) is 0 Å². The lowest BCUT2D eigenvalue weighted by Gasteiger charge is -2.39. The van der Waals surface area contributed by atoms with Gasteiger partial charge in [-0.15, -0.1) is 0 Å². The fourth-order valence-electron chi connectivity index (χ4n) is 4.01. The van der Waals surface area contributed by atoms with Gasteiger partial charge < -0.3 is 14.8 Å². The van der Waals surface area contributed by atoms with Crippen molar-refractivity contribution in [1.29, 1.82) is 0 Å². The summed E-state index contributed by atoms with van der Waals surface area (Å²) in [4.78, 5) is 27.0. The van der Waals surface area contributed by atoms with Crippen molar-refractivity contribution in [2.45, 2.75) is 18.9 Å². The van der Waals surface area contributed by atoms with E-state index in [0.717, 1.165) is 22.4 Å². The molecule has 3 aromatic carbocycles. The van der Waals surface area contributed by atoms with Gasteiger partial charge in [-0.2, -0.15) is 0 Å². The van der Waals surface area contributed by atoms with Gasteiger partial charge in [0.2, 0.25) is 0 Å². The van der Waals surface area contributed by atoms with Gasteiger partial charge in [-0.05, 0) is 47.9 Å². The molecule has 1 N–H and O–H groups in total. The largest absolute Gasteiger partial charge is 0.438 e. The first-order chi connectivity index (χ1) is 16.0. The molecule has 0 spiro atoms. The van der Waals surface area contributed by atoms with E-state index in [1.54, 1.807) is 18.1 Å². The summed E-state index contributed by atoms with van der Waals surface area (Å²) in [5, 5.41) is 2.84. The molecule has 1 atom stereocenters. The van der Waals surface area contributed by atoms with Crippen molar-refractivity contribution < 1.29 is 19.1 Å². The van der Waals surface area contributed by atoms with Crippen LogP contribution in [-0.4, -0.2) is 38.8 Å². The predicted octanol–water partition coefficient (Wildman–Crippen LogP) is 4.99. The first-order valence-electron chi connectivity index (χ1n) is 11.0. The molecule has 1 heterocycles. The maximum Gasteiger partial charge on any atom is 0.415 e. The van der Waals surface area contributed by atoms with Crippen LogP contribution in [0.1, 0.15) is 29.3 Å². The van der Waals surface area contributed by atoms with Crippen LogP contribution in [0.3, 0.4) is 0 Å². The van der Waals surface area contributed by atoms with Crippen molar-refractivity contribution >= 4 is 17.7 Å². The average molecular weight is 445 g/mol. The smallest absolute Gasteiger partial charge is 0.415 e. The van der Waals surface area contributed by atoms with Crippen LogP contribution in [0.25, 0.3) is 11.1 Å². The van der Waals surface area contributed by atoms with Gasteiger partial charge in [0.15, 0.2) is 0 Å². The third kappa shape index (κ3) is 5.07. The van der Waals surface area contributed by atoms with Crippen molar-refractivity contribution in [2.75, 3.05) is 31.7 Å². The van der Waals surface area contributed by atoms with Gasteiger partial charge in [-0.3, -0.25) is 9.69 Å². The van der Waals surface area contributed by atoms with Gasteiger partial charge in [0.05, 0.1) is 6.61 Å². The number of methoxy groups -OCH3 is 1. The van der Waals surface area contributed by atoms with E-state index in [1.165, 1.54) is 0 Å². The lowest BCUT2D eigenvalue weighted by Crippen LogP contribution is -2.46. The van der Waals surface area contributed by atoms with Crippen molar-refractivity contribution in [1.82, 2.24) is 5.32 Å². The molecule has 0 aliphatic carbocycles. The molecule has 6 heteroatoms. The topological polar surface area (TPSA) is 67.9 Å². The summed E-state index contributed by atoms with van der Waals surface area (Å²) in [6.07, 6.45) is 0.320. The second-order valence-electron chi connectivity index (χ2n) is 8.25. The van der Waals surface area contributed by atoms with Gasteiger partial charge >= 0.3 is 6.09 Å². The number of amides is 2. The Hall–Kier alpha value is -3.64. The number of anilines is 1. The molecule has 170 valence electrons. The Morgan fingerprint density at radius 2 is 1.76 bits per heavy atom. The number of benzene rings is 3. The van der Waals surface area contributed by atoms with E-state index < -0.39 is 5.60 Å². The molecule has 0 aromatic heterocycles. The highest BCUT2D eigenvalue weighted by molar-refractivity contribution is 5.95. The molecule has 0 radical (unpaired) electrons. The maximum absolute atomic E-state index is 12.9. The van der Waals surface area contributed by atoms with E-state index in [0.29, 0.717) is 31.7 Å². The molecule has 1 unspecified atom stereocenters. The van der Waals surface area contributed by atoms with Gasteiger partial charge in [0, 0.05) is 37.9 Å². The highest BCUT2D eigenvalue weighted by atomic mass is 16.6. The standard InChI is InChI=1S/C27H28N2O4/c1-27(23-11-4-3-5-12-23)14-16-29(26(31)33-27)24-13-7-9-21(19-24)20-8-6-10-22(18-20)25(30)28-15-17-32-2/h3-13,18-19H,14-17H2,1-2H3,(H,28,30). The minimum atomic E-state index is -0.642. The van der Waals surface area contributed by atoms with Gasteiger partial charge in [-0.25, -0.2) is 4.79 Å². The fraction of sp³-hybridized carbons (Fsp3) is 0.259. The summed E-state index contributed by atoms with van der Waals surface area (Å²) < 4.78 is 10.9. The molecule has 2 amide bonds. The highest BCUT2D eigenvalue weighted by Gasteiger charge is 2.38. The van der Waals surface area contributed by atoms with E-state index in [2.05, 4.69) is 5.32 Å². The molecule has 1 saturated heterocycles. The van der Waals surface area contributed by atoms with Crippen LogP contribution in [-0.2, 0) is 15.1 Å². The number of nitrogens with zero attached hydrogens (tertiary/aromatic N) is 1. The van der Waals surface area contributed by atoms with Crippen molar-refractivity contribution in [3.8, 4) is 11.1 Å². The van der Waals surface area contributed by atoms with Crippen molar-refractivity contribution in [2.24, 2.45) is 0 Å². The Kier molecular flexibility index (Phi) is 6.75. The summed E-state index contributed by atoms with van der Waals surface area (Å²) in [6.45, 7) is 3.42. The average Bonchev–Trinajstić information content (AvgIpc) is 2.85. The Balaban J connectivity index is 1.52. The molecule has 4 rings (SSSR count). The van der Waals surface area contributed by atoms with Crippen LogP contribution >= 0.6 is 0 Å². The molecule has 6 nitrogen and oxygen atoms in total. The lowest BCUT2D eigenvalue weighted by molar-refractivity contribution is 0.00582. The number of carbonyl (C=O) groups excluding carboxylic acids is 2. The quantitative estimate of drug-likeness (QED) is 0.521. The maximum atomic E-state index is 12.9. The van der Waals surface area contributed by atoms with E-state index in [1.807, 2.05) is 79.7 Å². The Morgan fingerprint density at radius 1 is 1.03 bits per heavy atom. The normalized spacial score (nSPS) is 18.0. The predicted molar refractivity (Wildman–Crippen MR) is 128 cm³/mol. The van der Waals surface area contributed by atoms with E-state index in [4.69, 9.17) is 9.47 Å². The summed E-state index contributed by atoms with van der Waals surface area (Å²) >= 11 is 0. The highest BCUT2D eigenvalue weighted by Crippen LogP contribution is 2.36. The Bertz CT molecular complexity index is 1130. The summed E-state index contributed by atoms with van der Waals surface area (Å²) in [5.74, 6) is -0.148. The summed E-state index contributed by atoms with van der Waals surface area (Å²) in [5.41, 5.74) is 3.51. The molecule has 33 heavy (non-hydrogen) atoms.